The van der Waals surface area contributed by atoms with Gasteiger partial charge in [0.2, 0.25) is 0 Å². The number of benzene rings is 1. The Morgan fingerprint density at radius 1 is 1.15 bits per heavy atom. The van der Waals surface area contributed by atoms with Gasteiger partial charge >= 0.3 is 0 Å². The van der Waals surface area contributed by atoms with Crippen molar-refractivity contribution in [2.75, 3.05) is 19.7 Å². The molecular formula is C17H24N2O. The number of nitriles is 1. The fraction of sp³-hybridized carbons (Fsp3) is 0.588. The minimum absolute atomic E-state index is 0.225. The molecule has 3 heteroatoms. The van der Waals surface area contributed by atoms with Crippen molar-refractivity contribution in [3.8, 4) is 11.8 Å². The molecule has 0 saturated carbocycles. The summed E-state index contributed by atoms with van der Waals surface area (Å²) >= 11 is 0. The molecule has 1 aliphatic rings. The summed E-state index contributed by atoms with van der Waals surface area (Å²) in [5.74, 6) is 0.954. The maximum atomic E-state index is 9.00. The predicted octanol–water partition coefficient (Wildman–Crippen LogP) is 3.37. The van der Waals surface area contributed by atoms with Crippen LogP contribution in [-0.4, -0.2) is 30.6 Å². The summed E-state index contributed by atoms with van der Waals surface area (Å²) in [4.78, 5) is 2.39. The summed E-state index contributed by atoms with van der Waals surface area (Å²) in [6, 6.07) is 6.80. The van der Waals surface area contributed by atoms with E-state index in [0.717, 1.165) is 18.8 Å². The number of hydrogen-bond acceptors (Lipinski definition) is 3. The van der Waals surface area contributed by atoms with Gasteiger partial charge in [0.1, 0.15) is 12.4 Å². The van der Waals surface area contributed by atoms with Gasteiger partial charge < -0.3 is 4.74 Å². The summed E-state index contributed by atoms with van der Waals surface area (Å²) in [5, 5.41) is 9.00. The van der Waals surface area contributed by atoms with Gasteiger partial charge in [-0.1, -0.05) is 6.07 Å². The first-order valence-corrected chi connectivity index (χ1v) is 7.43. The number of aryl methyl sites for hydroxylation is 3. The number of ether oxygens (including phenoxy) is 1. The Morgan fingerprint density at radius 2 is 1.80 bits per heavy atom. The number of rotatable bonds is 5. The third-order valence-electron chi connectivity index (χ3n) is 4.21. The van der Waals surface area contributed by atoms with Gasteiger partial charge in [-0.15, -0.1) is 0 Å². The zero-order chi connectivity index (χ0) is 14.5. The van der Waals surface area contributed by atoms with Crippen LogP contribution in [0, 0.1) is 32.1 Å². The molecular weight excluding hydrogens is 248 g/mol. The third-order valence-corrected chi connectivity index (χ3v) is 4.21. The first kappa shape index (κ1) is 14.9. The van der Waals surface area contributed by atoms with Crippen LogP contribution in [0.1, 0.15) is 36.0 Å². The van der Waals surface area contributed by atoms with E-state index in [1.165, 1.54) is 29.5 Å². The Hall–Kier alpha value is -1.53. The highest BCUT2D eigenvalue weighted by atomic mass is 16.5. The number of nitrogens with zero attached hydrogens (tertiary/aromatic N) is 2. The Labute approximate surface area is 122 Å². The van der Waals surface area contributed by atoms with Crippen LogP contribution >= 0.6 is 0 Å². The summed E-state index contributed by atoms with van der Waals surface area (Å²) in [5.41, 5.74) is 3.72. The Bertz CT molecular complexity index is 498. The highest BCUT2D eigenvalue weighted by molar-refractivity contribution is 5.40. The van der Waals surface area contributed by atoms with Crippen LogP contribution < -0.4 is 4.74 Å². The van der Waals surface area contributed by atoms with Gasteiger partial charge in [0.05, 0.1) is 18.5 Å². The van der Waals surface area contributed by atoms with Crippen LogP contribution in [0.2, 0.25) is 0 Å². The molecule has 0 aromatic heterocycles. The second-order valence-electron chi connectivity index (χ2n) is 5.77. The molecule has 1 aliphatic heterocycles. The molecule has 1 aromatic carbocycles. The smallest absolute Gasteiger partial charge is 0.122 e. The molecule has 0 bridgehead atoms. The molecule has 3 nitrogen and oxygen atoms in total. The second-order valence-corrected chi connectivity index (χ2v) is 5.77. The number of likely N-dealkylation sites (tertiary alicyclic amines) is 1. The summed E-state index contributed by atoms with van der Waals surface area (Å²) < 4.78 is 6.01. The lowest BCUT2D eigenvalue weighted by Gasteiger charge is -2.25. The van der Waals surface area contributed by atoms with E-state index in [4.69, 9.17) is 10.00 Å². The van der Waals surface area contributed by atoms with Crippen LogP contribution in [0.5, 0.6) is 5.75 Å². The lowest BCUT2D eigenvalue weighted by Crippen LogP contribution is -2.37. The fourth-order valence-corrected chi connectivity index (χ4v) is 2.78. The standard InChI is InChI=1S/C17H24N2O/c1-13-10-15(3)17(11-14(13)2)20-12-16(6-7-18)19-8-4-5-9-19/h10-11,16H,4-6,8-9,12H2,1-3H3. The normalized spacial score (nSPS) is 16.9. The molecule has 1 unspecified atom stereocenters. The van der Waals surface area contributed by atoms with Gasteiger partial charge in [0.25, 0.3) is 0 Å². The highest BCUT2D eigenvalue weighted by Gasteiger charge is 2.22. The minimum atomic E-state index is 0.225. The molecule has 0 spiro atoms. The van der Waals surface area contributed by atoms with Crippen LogP contribution in [-0.2, 0) is 0 Å². The Kier molecular flexibility index (Phi) is 5.03. The molecule has 1 atom stereocenters. The molecule has 1 fully saturated rings. The third kappa shape index (κ3) is 3.52. The quantitative estimate of drug-likeness (QED) is 0.824. The Balaban J connectivity index is 2.02. The molecule has 2 rings (SSSR count). The van der Waals surface area contributed by atoms with E-state index in [-0.39, 0.29) is 6.04 Å². The van der Waals surface area contributed by atoms with E-state index in [9.17, 15) is 0 Å². The lowest BCUT2D eigenvalue weighted by molar-refractivity contribution is 0.162. The average molecular weight is 272 g/mol. The van der Waals surface area contributed by atoms with E-state index >= 15 is 0 Å². The largest absolute Gasteiger partial charge is 0.492 e. The molecule has 1 heterocycles. The SMILES string of the molecule is Cc1cc(C)c(OCC(CC#N)N2CCCC2)cc1C. The van der Waals surface area contributed by atoms with Gasteiger partial charge in [-0.3, -0.25) is 4.90 Å². The molecule has 0 radical (unpaired) electrons. The molecule has 20 heavy (non-hydrogen) atoms. The molecule has 1 saturated heterocycles. The van der Waals surface area contributed by atoms with Crippen LogP contribution in [0.3, 0.4) is 0 Å². The highest BCUT2D eigenvalue weighted by Crippen LogP contribution is 2.23. The summed E-state index contributed by atoms with van der Waals surface area (Å²) in [7, 11) is 0. The maximum Gasteiger partial charge on any atom is 0.122 e. The second kappa shape index (κ2) is 6.76. The van der Waals surface area contributed by atoms with Crippen molar-refractivity contribution in [3.05, 3.63) is 28.8 Å². The van der Waals surface area contributed by atoms with Crippen molar-refractivity contribution in [1.82, 2.24) is 4.90 Å². The van der Waals surface area contributed by atoms with Crippen LogP contribution in [0.15, 0.2) is 12.1 Å². The van der Waals surface area contributed by atoms with Gasteiger partial charge in [-0.05, 0) is 69.5 Å². The average Bonchev–Trinajstić information content (AvgIpc) is 2.93. The van der Waals surface area contributed by atoms with Crippen molar-refractivity contribution >= 4 is 0 Å². The molecule has 108 valence electrons. The summed E-state index contributed by atoms with van der Waals surface area (Å²) in [6.07, 6.45) is 3.03. The fourth-order valence-electron chi connectivity index (χ4n) is 2.78. The first-order chi connectivity index (χ1) is 9.61. The van der Waals surface area contributed by atoms with Gasteiger partial charge in [0, 0.05) is 0 Å². The van der Waals surface area contributed by atoms with E-state index in [2.05, 4.69) is 43.9 Å². The van der Waals surface area contributed by atoms with Crippen molar-refractivity contribution in [2.45, 2.75) is 46.1 Å². The number of hydrogen-bond donors (Lipinski definition) is 0. The zero-order valence-electron chi connectivity index (χ0n) is 12.8. The lowest BCUT2D eigenvalue weighted by atomic mass is 10.1. The first-order valence-electron chi connectivity index (χ1n) is 7.43. The molecule has 1 aromatic rings. The van der Waals surface area contributed by atoms with Gasteiger partial charge in [0.15, 0.2) is 0 Å². The van der Waals surface area contributed by atoms with Crippen molar-refractivity contribution in [3.63, 3.8) is 0 Å². The van der Waals surface area contributed by atoms with Crippen molar-refractivity contribution in [1.29, 1.82) is 5.26 Å². The van der Waals surface area contributed by atoms with E-state index in [0.29, 0.717) is 13.0 Å². The Morgan fingerprint density at radius 3 is 2.45 bits per heavy atom. The topological polar surface area (TPSA) is 36.3 Å². The zero-order valence-corrected chi connectivity index (χ0v) is 12.8. The molecule has 0 aliphatic carbocycles. The van der Waals surface area contributed by atoms with E-state index in [1.807, 2.05) is 0 Å². The van der Waals surface area contributed by atoms with Crippen LogP contribution in [0.25, 0.3) is 0 Å². The van der Waals surface area contributed by atoms with Crippen LogP contribution in [0.4, 0.5) is 0 Å². The molecule has 0 N–H and O–H groups in total. The van der Waals surface area contributed by atoms with Gasteiger partial charge in [-0.25, -0.2) is 0 Å². The predicted molar refractivity (Wildman–Crippen MR) is 81.0 cm³/mol. The van der Waals surface area contributed by atoms with E-state index < -0.39 is 0 Å². The summed E-state index contributed by atoms with van der Waals surface area (Å²) in [6.45, 7) is 9.11. The van der Waals surface area contributed by atoms with E-state index in [1.54, 1.807) is 0 Å². The monoisotopic (exact) mass is 272 g/mol. The molecule has 0 amide bonds. The maximum absolute atomic E-state index is 9.00. The van der Waals surface area contributed by atoms with Gasteiger partial charge in [-0.2, -0.15) is 5.26 Å². The minimum Gasteiger partial charge on any atom is -0.492 e. The van der Waals surface area contributed by atoms with Crippen molar-refractivity contribution in [2.24, 2.45) is 0 Å². The van der Waals surface area contributed by atoms with Crippen molar-refractivity contribution < 1.29 is 4.74 Å².